The van der Waals surface area contributed by atoms with Crippen LogP contribution in [0.4, 0.5) is 0 Å². The molecule has 0 saturated heterocycles. The van der Waals surface area contributed by atoms with Gasteiger partial charge in [0, 0.05) is 32.3 Å². The molecule has 1 unspecified atom stereocenters. The third kappa shape index (κ3) is 9.57. The van der Waals surface area contributed by atoms with Gasteiger partial charge in [0.15, 0.2) is 0 Å². The number of nitrogens with zero attached hydrogens (tertiary/aromatic N) is 1. The second-order valence-corrected chi connectivity index (χ2v) is 5.19. The normalized spacial score (nSPS) is 13.6. The van der Waals surface area contributed by atoms with E-state index in [-0.39, 0.29) is 6.04 Å². The second-order valence-electron chi connectivity index (χ2n) is 5.19. The summed E-state index contributed by atoms with van der Waals surface area (Å²) in [5.41, 5.74) is 6.16. The molecule has 0 aromatic carbocycles. The van der Waals surface area contributed by atoms with Gasteiger partial charge in [0.2, 0.25) is 0 Å². The SMILES string of the molecule is CCCCCN(CC(N)CCCOC)C(C)C. The van der Waals surface area contributed by atoms with Crippen molar-refractivity contribution < 1.29 is 4.74 Å². The average molecular weight is 244 g/mol. The van der Waals surface area contributed by atoms with E-state index in [0.29, 0.717) is 6.04 Å². The highest BCUT2D eigenvalue weighted by atomic mass is 16.5. The highest BCUT2D eigenvalue weighted by molar-refractivity contribution is 4.71. The lowest BCUT2D eigenvalue weighted by Crippen LogP contribution is -2.41. The molecule has 0 aromatic rings. The quantitative estimate of drug-likeness (QED) is 0.568. The van der Waals surface area contributed by atoms with Crippen molar-refractivity contribution in [3.63, 3.8) is 0 Å². The summed E-state index contributed by atoms with van der Waals surface area (Å²) in [5.74, 6) is 0. The Labute approximate surface area is 108 Å². The van der Waals surface area contributed by atoms with Crippen LogP contribution < -0.4 is 5.73 Å². The van der Waals surface area contributed by atoms with Crippen LogP contribution in [0.5, 0.6) is 0 Å². The molecule has 0 rings (SSSR count). The van der Waals surface area contributed by atoms with E-state index in [1.54, 1.807) is 7.11 Å². The lowest BCUT2D eigenvalue weighted by atomic mass is 10.1. The predicted molar refractivity (Wildman–Crippen MR) is 75.3 cm³/mol. The molecular weight excluding hydrogens is 212 g/mol. The van der Waals surface area contributed by atoms with E-state index in [4.69, 9.17) is 10.5 Å². The Bertz CT molecular complexity index is 162. The minimum absolute atomic E-state index is 0.286. The Balaban J connectivity index is 3.80. The molecule has 2 N–H and O–H groups in total. The van der Waals surface area contributed by atoms with Gasteiger partial charge in [-0.3, -0.25) is 4.90 Å². The van der Waals surface area contributed by atoms with Crippen LogP contribution >= 0.6 is 0 Å². The summed E-state index contributed by atoms with van der Waals surface area (Å²) < 4.78 is 5.05. The molecule has 0 spiro atoms. The molecule has 0 aliphatic rings. The Morgan fingerprint density at radius 2 is 1.88 bits per heavy atom. The molecule has 0 aliphatic heterocycles. The van der Waals surface area contributed by atoms with Gasteiger partial charge in [0.1, 0.15) is 0 Å². The van der Waals surface area contributed by atoms with Gasteiger partial charge >= 0.3 is 0 Å². The van der Waals surface area contributed by atoms with Gasteiger partial charge in [0.25, 0.3) is 0 Å². The van der Waals surface area contributed by atoms with E-state index in [9.17, 15) is 0 Å². The van der Waals surface area contributed by atoms with Gasteiger partial charge < -0.3 is 10.5 Å². The van der Waals surface area contributed by atoms with Gasteiger partial charge in [0.05, 0.1) is 0 Å². The van der Waals surface area contributed by atoms with Crippen molar-refractivity contribution in [1.82, 2.24) is 4.90 Å². The Kier molecular flexibility index (Phi) is 10.9. The smallest absolute Gasteiger partial charge is 0.0462 e. The first-order valence-corrected chi connectivity index (χ1v) is 7.10. The van der Waals surface area contributed by atoms with Crippen molar-refractivity contribution in [3.8, 4) is 0 Å². The van der Waals surface area contributed by atoms with Crippen molar-refractivity contribution in [2.75, 3.05) is 26.8 Å². The molecule has 0 saturated carbocycles. The van der Waals surface area contributed by atoms with E-state index in [1.807, 2.05) is 0 Å². The van der Waals surface area contributed by atoms with Crippen molar-refractivity contribution in [2.24, 2.45) is 5.73 Å². The van der Waals surface area contributed by atoms with Crippen molar-refractivity contribution >= 4 is 0 Å². The molecule has 0 aliphatic carbocycles. The fourth-order valence-electron chi connectivity index (χ4n) is 2.01. The van der Waals surface area contributed by atoms with Crippen LogP contribution in [0.1, 0.15) is 52.9 Å². The maximum Gasteiger partial charge on any atom is 0.0462 e. The summed E-state index contributed by atoms with van der Waals surface area (Å²) >= 11 is 0. The molecular formula is C14H32N2O. The van der Waals surface area contributed by atoms with E-state index < -0.39 is 0 Å². The number of unbranched alkanes of at least 4 members (excludes halogenated alkanes) is 2. The lowest BCUT2D eigenvalue weighted by molar-refractivity contribution is 0.176. The first kappa shape index (κ1) is 16.9. The maximum absolute atomic E-state index is 6.16. The first-order chi connectivity index (χ1) is 8.11. The van der Waals surface area contributed by atoms with Crippen LogP contribution in [0, 0.1) is 0 Å². The zero-order valence-electron chi connectivity index (χ0n) is 12.2. The molecule has 0 amide bonds. The standard InChI is InChI=1S/C14H32N2O/c1-5-6-7-10-16(13(2)3)12-14(15)9-8-11-17-4/h13-14H,5-12,15H2,1-4H3. The fraction of sp³-hybridized carbons (Fsp3) is 1.00. The van der Waals surface area contributed by atoms with E-state index in [0.717, 1.165) is 26.0 Å². The number of hydrogen-bond donors (Lipinski definition) is 1. The average Bonchev–Trinajstić information content (AvgIpc) is 2.28. The lowest BCUT2D eigenvalue weighted by Gasteiger charge is -2.29. The van der Waals surface area contributed by atoms with Crippen molar-refractivity contribution in [3.05, 3.63) is 0 Å². The van der Waals surface area contributed by atoms with Crippen LogP contribution in [-0.2, 0) is 4.74 Å². The van der Waals surface area contributed by atoms with Gasteiger partial charge in [-0.05, 0) is 39.7 Å². The summed E-state index contributed by atoms with van der Waals surface area (Å²) in [5, 5.41) is 0. The van der Waals surface area contributed by atoms with Crippen LogP contribution in [0.2, 0.25) is 0 Å². The molecule has 3 nitrogen and oxygen atoms in total. The zero-order valence-corrected chi connectivity index (χ0v) is 12.2. The molecule has 0 heterocycles. The summed E-state index contributed by atoms with van der Waals surface area (Å²) in [6, 6.07) is 0.884. The Hall–Kier alpha value is -0.120. The first-order valence-electron chi connectivity index (χ1n) is 7.10. The maximum atomic E-state index is 6.16. The molecule has 3 heteroatoms. The molecule has 0 fully saturated rings. The minimum Gasteiger partial charge on any atom is -0.385 e. The number of nitrogens with two attached hydrogens (primary N) is 1. The monoisotopic (exact) mass is 244 g/mol. The highest BCUT2D eigenvalue weighted by Gasteiger charge is 2.13. The summed E-state index contributed by atoms with van der Waals surface area (Å²) in [4.78, 5) is 2.51. The predicted octanol–water partition coefficient (Wildman–Crippen LogP) is 2.64. The van der Waals surface area contributed by atoms with Crippen molar-refractivity contribution in [2.45, 2.75) is 65.0 Å². The second kappa shape index (κ2) is 11.0. The number of methoxy groups -OCH3 is 1. The molecule has 0 radical (unpaired) electrons. The van der Waals surface area contributed by atoms with Crippen molar-refractivity contribution in [1.29, 1.82) is 0 Å². The van der Waals surface area contributed by atoms with Gasteiger partial charge in [-0.25, -0.2) is 0 Å². The topological polar surface area (TPSA) is 38.5 Å². The number of rotatable bonds is 11. The zero-order chi connectivity index (χ0) is 13.1. The molecule has 0 aromatic heterocycles. The van der Waals surface area contributed by atoms with Crippen LogP contribution in [0.25, 0.3) is 0 Å². The van der Waals surface area contributed by atoms with Gasteiger partial charge in [-0.2, -0.15) is 0 Å². The fourth-order valence-corrected chi connectivity index (χ4v) is 2.01. The van der Waals surface area contributed by atoms with Crippen LogP contribution in [-0.4, -0.2) is 43.8 Å². The number of hydrogen-bond acceptors (Lipinski definition) is 3. The highest BCUT2D eigenvalue weighted by Crippen LogP contribution is 2.06. The molecule has 1 atom stereocenters. The van der Waals surface area contributed by atoms with Crippen LogP contribution in [0.15, 0.2) is 0 Å². The van der Waals surface area contributed by atoms with Gasteiger partial charge in [-0.1, -0.05) is 19.8 Å². The molecule has 0 bridgehead atoms. The van der Waals surface area contributed by atoms with E-state index >= 15 is 0 Å². The van der Waals surface area contributed by atoms with E-state index in [1.165, 1.54) is 25.8 Å². The largest absolute Gasteiger partial charge is 0.385 e. The summed E-state index contributed by atoms with van der Waals surface area (Å²) in [6.45, 7) is 9.79. The van der Waals surface area contributed by atoms with Gasteiger partial charge in [-0.15, -0.1) is 0 Å². The molecule has 104 valence electrons. The minimum atomic E-state index is 0.286. The Morgan fingerprint density at radius 3 is 2.41 bits per heavy atom. The summed E-state index contributed by atoms with van der Waals surface area (Å²) in [7, 11) is 1.75. The summed E-state index contributed by atoms with van der Waals surface area (Å²) in [6.07, 6.45) is 6.02. The third-order valence-electron chi connectivity index (χ3n) is 3.17. The van der Waals surface area contributed by atoms with Crippen LogP contribution in [0.3, 0.4) is 0 Å². The third-order valence-corrected chi connectivity index (χ3v) is 3.17. The number of ether oxygens (including phenoxy) is 1. The Morgan fingerprint density at radius 1 is 1.18 bits per heavy atom. The van der Waals surface area contributed by atoms with E-state index in [2.05, 4.69) is 25.7 Å². The molecule has 17 heavy (non-hydrogen) atoms.